The van der Waals surface area contributed by atoms with Gasteiger partial charge in [-0.05, 0) is 70.8 Å². The molecule has 0 aromatic carbocycles. The lowest BCUT2D eigenvalue weighted by Crippen LogP contribution is -2.64. The third kappa shape index (κ3) is 8.69. The number of nitrogens with zero attached hydrogens (tertiary/aromatic N) is 2. The molecule has 2 aliphatic carbocycles. The first-order valence-electron chi connectivity index (χ1n) is 19.3. The van der Waals surface area contributed by atoms with Gasteiger partial charge in [-0.1, -0.05) is 64.3 Å². The molecule has 0 radical (unpaired) electrons. The minimum absolute atomic E-state index is 0.0422. The van der Waals surface area contributed by atoms with Crippen molar-refractivity contribution in [2.45, 2.75) is 140 Å². The van der Waals surface area contributed by atoms with E-state index in [-0.39, 0.29) is 43.1 Å². The highest BCUT2D eigenvalue weighted by molar-refractivity contribution is 7.96. The monoisotopic (exact) mass is 784 g/mol. The molecule has 54 heavy (non-hydrogen) atoms. The number of likely N-dealkylation sites (tertiary alicyclic amines) is 1. The van der Waals surface area contributed by atoms with Crippen molar-refractivity contribution in [2.24, 2.45) is 22.7 Å². The minimum Gasteiger partial charge on any atom is -0.344 e. The van der Waals surface area contributed by atoms with Crippen LogP contribution in [0.25, 0.3) is 0 Å². The van der Waals surface area contributed by atoms with E-state index in [0.717, 1.165) is 37.0 Å². The fourth-order valence-corrected chi connectivity index (χ4v) is 11.8. The van der Waals surface area contributed by atoms with Crippen molar-refractivity contribution in [3.05, 3.63) is 29.0 Å². The first kappa shape index (κ1) is 41.8. The van der Waals surface area contributed by atoms with Crippen molar-refractivity contribution in [2.75, 3.05) is 13.1 Å². The average Bonchev–Trinajstić information content (AvgIpc) is 3.56. The standard InChI is InChI=1S/C40H57N5O7S2/c1-8-10-12-14-18-28(46)33(47)27(17-11-9-2)41-35(48)32-31-26(39(31,6)7)23-45(32)36(49)34(38(3,4)5)42-37(50)43-40(20-15-13-16-21-40)25-44-24-29-30(19-22-53-29)54(44,51)52/h2,8,19,22,26-27,31-32,34H,1,10-18,20-21,23-25H2,3-7H3,(H3-,41,42,43,48,50,51,52)/p+1/t26-,27?,31-,32-,34+/m0/s1. The fraction of sp³-hybridized carbons (Fsp3) is 0.675. The number of Topliss-reactive ketones (excluding diaryl/α,β-unsaturated/α-hetero) is 2. The topological polar surface area (TPSA) is 165 Å². The lowest BCUT2D eigenvalue weighted by atomic mass is 9.81. The molecule has 6 atom stereocenters. The number of piperidine rings is 1. The van der Waals surface area contributed by atoms with E-state index >= 15 is 0 Å². The van der Waals surface area contributed by atoms with Crippen LogP contribution in [-0.2, 0) is 40.3 Å². The fourth-order valence-electron chi connectivity index (χ4n) is 8.78. The number of hydrogen-bond donors (Lipinski definition) is 4. The van der Waals surface area contributed by atoms with Gasteiger partial charge < -0.3 is 20.9 Å². The highest BCUT2D eigenvalue weighted by atomic mass is 32.3. The second-order valence-electron chi connectivity index (χ2n) is 17.3. The molecule has 0 spiro atoms. The molecule has 4 amide bonds. The zero-order valence-corrected chi connectivity index (χ0v) is 34.0. The molecule has 2 aliphatic heterocycles. The zero-order valence-electron chi connectivity index (χ0n) is 32.4. The van der Waals surface area contributed by atoms with Crippen LogP contribution in [0.5, 0.6) is 0 Å². The van der Waals surface area contributed by atoms with Gasteiger partial charge >= 0.3 is 16.4 Å². The van der Waals surface area contributed by atoms with Crippen LogP contribution in [0.1, 0.15) is 110 Å². The van der Waals surface area contributed by atoms with Gasteiger partial charge in [0.15, 0.2) is 0 Å². The first-order valence-corrected chi connectivity index (χ1v) is 21.6. The van der Waals surface area contributed by atoms with Crippen LogP contribution in [0.2, 0.25) is 0 Å². The number of allylic oxidation sites excluding steroid dienone is 1. The Hall–Kier alpha value is -3.38. The maximum absolute atomic E-state index is 14.6. The van der Waals surface area contributed by atoms with Crippen molar-refractivity contribution in [3.8, 4) is 12.3 Å². The summed E-state index contributed by atoms with van der Waals surface area (Å²) in [4.78, 5) is 71.8. The number of unbranched alkanes of at least 4 members (excludes halogenated alkanes) is 2. The molecule has 3 heterocycles. The molecule has 4 aliphatic rings. The SMILES string of the molecule is C#CCCC(NC(=O)[C@@H]1[C@@H]2[C@H](CN1C(=O)[C@@H](NC(=O)NC1(CN3Cc4sccc4[S+]3(=O)O)CCCCC1)C(C)(C)C)C2(C)C)C(=O)C(=O)CCCCC=C. The Morgan fingerprint density at radius 3 is 2.48 bits per heavy atom. The summed E-state index contributed by atoms with van der Waals surface area (Å²) < 4.78 is 26.1. The predicted octanol–water partition coefficient (Wildman–Crippen LogP) is 5.49. The van der Waals surface area contributed by atoms with Gasteiger partial charge in [0.2, 0.25) is 28.3 Å². The summed E-state index contributed by atoms with van der Waals surface area (Å²) in [6.45, 7) is 14.2. The Morgan fingerprint density at radius 1 is 1.15 bits per heavy atom. The van der Waals surface area contributed by atoms with Crippen molar-refractivity contribution in [3.63, 3.8) is 0 Å². The van der Waals surface area contributed by atoms with Gasteiger partial charge in [-0.2, -0.15) is 4.55 Å². The molecule has 0 bridgehead atoms. The Kier molecular flexibility index (Phi) is 12.7. The van der Waals surface area contributed by atoms with Crippen LogP contribution in [0, 0.1) is 35.0 Å². The molecular weight excluding hydrogens is 727 g/mol. The van der Waals surface area contributed by atoms with Gasteiger partial charge in [0, 0.05) is 25.5 Å². The summed E-state index contributed by atoms with van der Waals surface area (Å²) in [6.07, 6.45) is 13.5. The molecule has 1 saturated heterocycles. The van der Waals surface area contributed by atoms with Gasteiger partial charge in [-0.25, -0.2) is 4.79 Å². The quantitative estimate of drug-likeness (QED) is 0.0566. The van der Waals surface area contributed by atoms with E-state index in [1.54, 1.807) is 16.4 Å². The molecule has 1 aromatic rings. The molecule has 296 valence electrons. The number of fused-ring (bicyclic) bond motifs is 2. The van der Waals surface area contributed by atoms with Crippen molar-refractivity contribution < 1.29 is 32.7 Å². The number of rotatable bonds is 16. The van der Waals surface area contributed by atoms with E-state index in [9.17, 15) is 32.7 Å². The molecule has 12 nitrogen and oxygen atoms in total. The van der Waals surface area contributed by atoms with Gasteiger partial charge in [0.05, 0.1) is 29.5 Å². The number of carbonyl (C=O) groups is 5. The van der Waals surface area contributed by atoms with E-state index in [1.807, 2.05) is 26.2 Å². The van der Waals surface area contributed by atoms with E-state index in [1.165, 1.54) is 16.2 Å². The lowest BCUT2D eigenvalue weighted by molar-refractivity contribution is -0.145. The smallest absolute Gasteiger partial charge is 0.327 e. The number of nitrogens with one attached hydrogen (secondary N) is 3. The Morgan fingerprint density at radius 2 is 1.85 bits per heavy atom. The number of hydrogen-bond acceptors (Lipinski definition) is 7. The first-order chi connectivity index (χ1) is 25.4. The Balaban J connectivity index is 1.32. The lowest BCUT2D eigenvalue weighted by Gasteiger charge is -2.41. The molecule has 3 fully saturated rings. The van der Waals surface area contributed by atoms with Crippen LogP contribution in [0.4, 0.5) is 4.79 Å². The van der Waals surface area contributed by atoms with Gasteiger partial charge in [-0.3, -0.25) is 19.2 Å². The second kappa shape index (κ2) is 16.4. The van der Waals surface area contributed by atoms with Gasteiger partial charge in [0.1, 0.15) is 12.1 Å². The molecule has 2 saturated carbocycles. The van der Waals surface area contributed by atoms with Crippen LogP contribution >= 0.6 is 11.3 Å². The predicted molar refractivity (Wildman–Crippen MR) is 209 cm³/mol. The van der Waals surface area contributed by atoms with Crippen LogP contribution in [0.3, 0.4) is 0 Å². The van der Waals surface area contributed by atoms with Crippen molar-refractivity contribution in [1.82, 2.24) is 25.2 Å². The molecule has 14 heteroatoms. The van der Waals surface area contributed by atoms with E-state index in [2.05, 4.69) is 42.3 Å². The largest absolute Gasteiger partial charge is 0.344 e. The van der Waals surface area contributed by atoms with E-state index in [4.69, 9.17) is 6.42 Å². The third-order valence-corrected chi connectivity index (χ3v) is 15.0. The molecule has 1 aromatic heterocycles. The maximum Gasteiger partial charge on any atom is 0.327 e. The zero-order chi connectivity index (χ0) is 39.6. The molecular formula is C40H58N5O7S2+. The highest BCUT2D eigenvalue weighted by Crippen LogP contribution is 2.65. The van der Waals surface area contributed by atoms with Crippen LogP contribution in [0.15, 0.2) is 29.0 Å². The normalized spacial score (nSPS) is 26.4. The highest BCUT2D eigenvalue weighted by Gasteiger charge is 2.70. The molecule has 5 rings (SSSR count). The number of terminal acetylenes is 1. The molecule has 4 N–H and O–H groups in total. The molecule has 2 unspecified atom stereocenters. The number of carbonyl (C=O) groups excluding carboxylic acids is 5. The van der Waals surface area contributed by atoms with E-state index in [0.29, 0.717) is 37.2 Å². The van der Waals surface area contributed by atoms with Crippen molar-refractivity contribution >= 4 is 51.1 Å². The minimum atomic E-state index is -3.43. The third-order valence-electron chi connectivity index (χ3n) is 12.0. The number of thiophene rings is 1. The Bertz CT molecular complexity index is 1720. The second-order valence-corrected chi connectivity index (χ2v) is 20.2. The Labute approximate surface area is 325 Å². The maximum atomic E-state index is 14.6. The summed E-state index contributed by atoms with van der Waals surface area (Å²) in [5.41, 5.74) is -1.76. The number of ketones is 2. The number of urea groups is 1. The summed E-state index contributed by atoms with van der Waals surface area (Å²) in [5.74, 6) is 0.188. The summed E-state index contributed by atoms with van der Waals surface area (Å²) in [5, 5.41) is 10.7. The number of amides is 4. The van der Waals surface area contributed by atoms with Gasteiger partial charge in [0.25, 0.3) is 0 Å². The van der Waals surface area contributed by atoms with E-state index < -0.39 is 68.9 Å². The van der Waals surface area contributed by atoms with Crippen LogP contribution in [-0.4, -0.2) is 79.9 Å². The summed E-state index contributed by atoms with van der Waals surface area (Å²) in [7, 11) is -3.43. The summed E-state index contributed by atoms with van der Waals surface area (Å²) in [6, 6.07) is -1.90. The van der Waals surface area contributed by atoms with Crippen molar-refractivity contribution in [1.29, 1.82) is 0 Å². The van der Waals surface area contributed by atoms with Gasteiger partial charge in [-0.15, -0.1) is 30.3 Å². The average molecular weight is 785 g/mol. The summed E-state index contributed by atoms with van der Waals surface area (Å²) >= 11 is 1.44. The van der Waals surface area contributed by atoms with Crippen LogP contribution < -0.4 is 16.0 Å².